The molecule has 1 aliphatic heterocycles. The number of hydrogen-bond acceptors (Lipinski definition) is 4. The van der Waals surface area contributed by atoms with Crippen LogP contribution >= 0.6 is 0 Å². The molecular formula is C15H16N2O4. The molecule has 1 aromatic heterocycles. The van der Waals surface area contributed by atoms with Gasteiger partial charge >= 0.3 is 5.97 Å². The van der Waals surface area contributed by atoms with Crippen molar-refractivity contribution >= 4 is 5.97 Å². The third kappa shape index (κ3) is 2.44. The molecule has 0 amide bonds. The van der Waals surface area contributed by atoms with Crippen LogP contribution in [-0.2, 0) is 11.2 Å². The van der Waals surface area contributed by atoms with Crippen LogP contribution in [0.4, 0.5) is 0 Å². The van der Waals surface area contributed by atoms with Crippen molar-refractivity contribution in [3.05, 3.63) is 35.2 Å². The second kappa shape index (κ2) is 5.12. The van der Waals surface area contributed by atoms with E-state index in [-0.39, 0.29) is 13.2 Å². The molecule has 0 saturated carbocycles. The normalized spacial score (nSPS) is 12.7. The van der Waals surface area contributed by atoms with E-state index in [1.807, 2.05) is 36.7 Å². The summed E-state index contributed by atoms with van der Waals surface area (Å²) in [7, 11) is 0. The van der Waals surface area contributed by atoms with Gasteiger partial charge in [0.1, 0.15) is 0 Å². The Kier molecular flexibility index (Phi) is 3.29. The molecule has 2 heterocycles. The maximum Gasteiger partial charge on any atom is 0.303 e. The number of hydrogen-bond donors (Lipinski definition) is 1. The van der Waals surface area contributed by atoms with Crippen LogP contribution in [0.5, 0.6) is 11.5 Å². The van der Waals surface area contributed by atoms with Gasteiger partial charge in [-0.25, -0.2) is 4.68 Å². The third-order valence-corrected chi connectivity index (χ3v) is 3.63. The van der Waals surface area contributed by atoms with E-state index in [2.05, 4.69) is 5.10 Å². The van der Waals surface area contributed by atoms with Gasteiger partial charge in [0.2, 0.25) is 6.79 Å². The second-order valence-corrected chi connectivity index (χ2v) is 4.99. The standard InChI is InChI=1S/C15H16N2O4/c1-9-12(4-6-15(18)19)10(2)17(16-9)11-3-5-13-14(7-11)21-8-20-13/h3,5,7H,4,6,8H2,1-2H3,(H,18,19). The van der Waals surface area contributed by atoms with Gasteiger partial charge in [-0.3, -0.25) is 4.79 Å². The molecule has 0 atom stereocenters. The zero-order chi connectivity index (χ0) is 15.0. The van der Waals surface area contributed by atoms with Gasteiger partial charge < -0.3 is 14.6 Å². The summed E-state index contributed by atoms with van der Waals surface area (Å²) in [5, 5.41) is 13.3. The molecule has 3 rings (SSSR count). The Morgan fingerprint density at radius 3 is 2.86 bits per heavy atom. The molecule has 0 fully saturated rings. The lowest BCUT2D eigenvalue weighted by atomic mass is 10.1. The molecule has 1 aliphatic rings. The Hall–Kier alpha value is -2.50. The lowest BCUT2D eigenvalue weighted by Crippen LogP contribution is -2.01. The first kappa shape index (κ1) is 13.5. The molecule has 21 heavy (non-hydrogen) atoms. The summed E-state index contributed by atoms with van der Waals surface area (Å²) >= 11 is 0. The van der Waals surface area contributed by atoms with Crippen molar-refractivity contribution in [2.24, 2.45) is 0 Å². The lowest BCUT2D eigenvalue weighted by Gasteiger charge is -2.06. The van der Waals surface area contributed by atoms with Gasteiger partial charge in [-0.2, -0.15) is 5.10 Å². The Bertz CT molecular complexity index is 706. The number of carboxylic acid groups (broad SMARTS) is 1. The fraction of sp³-hybridized carbons (Fsp3) is 0.333. The number of fused-ring (bicyclic) bond motifs is 1. The summed E-state index contributed by atoms with van der Waals surface area (Å²) < 4.78 is 12.5. The highest BCUT2D eigenvalue weighted by Gasteiger charge is 2.17. The summed E-state index contributed by atoms with van der Waals surface area (Å²) in [6.07, 6.45) is 0.589. The first-order valence-corrected chi connectivity index (χ1v) is 6.73. The molecule has 0 unspecified atom stereocenters. The van der Waals surface area contributed by atoms with Crippen molar-refractivity contribution in [2.45, 2.75) is 26.7 Å². The molecule has 2 aromatic rings. The number of rotatable bonds is 4. The van der Waals surface area contributed by atoms with Crippen molar-refractivity contribution in [3.63, 3.8) is 0 Å². The van der Waals surface area contributed by atoms with Crippen LogP contribution in [0, 0.1) is 13.8 Å². The maximum absolute atomic E-state index is 10.7. The second-order valence-electron chi connectivity index (χ2n) is 4.99. The molecule has 0 radical (unpaired) electrons. The van der Waals surface area contributed by atoms with Crippen molar-refractivity contribution in [2.75, 3.05) is 6.79 Å². The Morgan fingerprint density at radius 1 is 1.33 bits per heavy atom. The minimum Gasteiger partial charge on any atom is -0.481 e. The average Bonchev–Trinajstić information content (AvgIpc) is 3.01. The van der Waals surface area contributed by atoms with E-state index in [0.717, 1.165) is 28.4 Å². The smallest absolute Gasteiger partial charge is 0.303 e. The first-order valence-electron chi connectivity index (χ1n) is 6.73. The van der Waals surface area contributed by atoms with E-state index >= 15 is 0 Å². The Balaban J connectivity index is 1.95. The quantitative estimate of drug-likeness (QED) is 0.934. The summed E-state index contributed by atoms with van der Waals surface area (Å²) in [5.74, 6) is 0.628. The molecular weight excluding hydrogens is 272 g/mol. The Morgan fingerprint density at radius 2 is 2.10 bits per heavy atom. The molecule has 6 heteroatoms. The highest BCUT2D eigenvalue weighted by Crippen LogP contribution is 2.34. The monoisotopic (exact) mass is 288 g/mol. The average molecular weight is 288 g/mol. The number of aryl methyl sites for hydroxylation is 1. The molecule has 110 valence electrons. The minimum atomic E-state index is -0.801. The van der Waals surface area contributed by atoms with E-state index < -0.39 is 5.97 Å². The van der Waals surface area contributed by atoms with Crippen LogP contribution in [0.15, 0.2) is 18.2 Å². The van der Waals surface area contributed by atoms with Crippen LogP contribution in [0.25, 0.3) is 5.69 Å². The summed E-state index contributed by atoms with van der Waals surface area (Å²) in [4.78, 5) is 10.7. The van der Waals surface area contributed by atoms with Gasteiger partial charge in [-0.05, 0) is 38.0 Å². The number of carbonyl (C=O) groups is 1. The van der Waals surface area contributed by atoms with E-state index in [4.69, 9.17) is 14.6 Å². The first-order chi connectivity index (χ1) is 10.1. The van der Waals surface area contributed by atoms with Crippen molar-refractivity contribution < 1.29 is 19.4 Å². The number of aromatic nitrogens is 2. The predicted octanol–water partition coefficient (Wildman–Crippen LogP) is 2.24. The van der Waals surface area contributed by atoms with Crippen molar-refractivity contribution in [1.29, 1.82) is 0 Å². The summed E-state index contributed by atoms with van der Waals surface area (Å²) in [6, 6.07) is 5.64. The minimum absolute atomic E-state index is 0.106. The number of aliphatic carboxylic acids is 1. The zero-order valence-electron chi connectivity index (χ0n) is 11.9. The van der Waals surface area contributed by atoms with Crippen LogP contribution in [0.3, 0.4) is 0 Å². The van der Waals surface area contributed by atoms with Gasteiger partial charge in [0.25, 0.3) is 0 Å². The van der Waals surface area contributed by atoms with Gasteiger partial charge in [0, 0.05) is 18.2 Å². The number of nitrogens with zero attached hydrogens (tertiary/aromatic N) is 2. The molecule has 0 spiro atoms. The fourth-order valence-corrected chi connectivity index (χ4v) is 2.54. The highest BCUT2D eigenvalue weighted by molar-refractivity contribution is 5.67. The maximum atomic E-state index is 10.7. The third-order valence-electron chi connectivity index (χ3n) is 3.63. The summed E-state index contributed by atoms with van der Waals surface area (Å²) in [6.45, 7) is 4.08. The van der Waals surface area contributed by atoms with Crippen molar-refractivity contribution in [1.82, 2.24) is 9.78 Å². The van der Waals surface area contributed by atoms with Gasteiger partial charge in [-0.15, -0.1) is 0 Å². The molecule has 0 aliphatic carbocycles. The molecule has 6 nitrogen and oxygen atoms in total. The largest absolute Gasteiger partial charge is 0.481 e. The molecule has 0 saturated heterocycles. The van der Waals surface area contributed by atoms with E-state index in [1.165, 1.54) is 0 Å². The van der Waals surface area contributed by atoms with Gasteiger partial charge in [0.05, 0.1) is 11.4 Å². The van der Waals surface area contributed by atoms with Crippen LogP contribution < -0.4 is 9.47 Å². The fourth-order valence-electron chi connectivity index (χ4n) is 2.54. The van der Waals surface area contributed by atoms with Crippen LogP contribution in [-0.4, -0.2) is 27.6 Å². The van der Waals surface area contributed by atoms with E-state index in [1.54, 1.807) is 0 Å². The number of carboxylic acids is 1. The topological polar surface area (TPSA) is 73.6 Å². The zero-order valence-corrected chi connectivity index (χ0v) is 11.9. The van der Waals surface area contributed by atoms with Crippen molar-refractivity contribution in [3.8, 4) is 17.2 Å². The number of ether oxygens (including phenoxy) is 2. The van der Waals surface area contributed by atoms with Crippen LogP contribution in [0.1, 0.15) is 23.4 Å². The molecule has 1 N–H and O–H groups in total. The number of benzene rings is 1. The highest BCUT2D eigenvalue weighted by atomic mass is 16.7. The summed E-state index contributed by atoms with van der Waals surface area (Å²) in [5.41, 5.74) is 3.66. The van der Waals surface area contributed by atoms with E-state index in [0.29, 0.717) is 12.2 Å². The predicted molar refractivity (Wildman–Crippen MR) is 75.1 cm³/mol. The van der Waals surface area contributed by atoms with E-state index in [9.17, 15) is 4.79 Å². The molecule has 1 aromatic carbocycles. The van der Waals surface area contributed by atoms with Crippen LogP contribution in [0.2, 0.25) is 0 Å². The molecule has 0 bridgehead atoms. The Labute approximate surface area is 121 Å². The SMILES string of the molecule is Cc1nn(-c2ccc3c(c2)OCO3)c(C)c1CCC(=O)O. The lowest BCUT2D eigenvalue weighted by molar-refractivity contribution is -0.136. The van der Waals surface area contributed by atoms with Gasteiger partial charge in [0.15, 0.2) is 11.5 Å². The van der Waals surface area contributed by atoms with Gasteiger partial charge in [-0.1, -0.05) is 0 Å².